The van der Waals surface area contributed by atoms with E-state index in [4.69, 9.17) is 0 Å². The summed E-state index contributed by atoms with van der Waals surface area (Å²) >= 11 is 1.67. The van der Waals surface area contributed by atoms with Crippen LogP contribution in [0.5, 0.6) is 0 Å². The van der Waals surface area contributed by atoms with Crippen molar-refractivity contribution in [3.8, 4) is 0 Å². The first-order valence-electron chi connectivity index (χ1n) is 9.23. The molecule has 2 heterocycles. The zero-order valence-electron chi connectivity index (χ0n) is 15.5. The van der Waals surface area contributed by atoms with Gasteiger partial charge in [0.15, 0.2) is 0 Å². The summed E-state index contributed by atoms with van der Waals surface area (Å²) in [6.07, 6.45) is 2.61. The van der Waals surface area contributed by atoms with Gasteiger partial charge < -0.3 is 9.80 Å². The number of rotatable bonds is 5. The van der Waals surface area contributed by atoms with Crippen molar-refractivity contribution in [2.24, 2.45) is 0 Å². The second kappa shape index (κ2) is 8.15. The molecule has 1 fully saturated rings. The normalized spacial score (nSPS) is 16.1. The Morgan fingerprint density at radius 2 is 1.84 bits per heavy atom. The van der Waals surface area contributed by atoms with Gasteiger partial charge >= 0.3 is 0 Å². The summed E-state index contributed by atoms with van der Waals surface area (Å²) < 4.78 is 0. The molecule has 1 aliphatic rings. The van der Waals surface area contributed by atoms with E-state index >= 15 is 0 Å². The number of aryl methyl sites for hydroxylation is 2. The number of hydrogen-bond donors (Lipinski definition) is 0. The van der Waals surface area contributed by atoms with Crippen molar-refractivity contribution in [2.75, 3.05) is 24.5 Å². The van der Waals surface area contributed by atoms with Crippen molar-refractivity contribution in [3.05, 3.63) is 51.7 Å². The number of thiophene rings is 1. The van der Waals surface area contributed by atoms with Gasteiger partial charge in [0.2, 0.25) is 5.91 Å². The fourth-order valence-electron chi connectivity index (χ4n) is 3.84. The second-order valence-electron chi connectivity index (χ2n) is 6.93. The van der Waals surface area contributed by atoms with E-state index in [9.17, 15) is 4.79 Å². The van der Waals surface area contributed by atoms with Gasteiger partial charge in [-0.1, -0.05) is 31.2 Å². The van der Waals surface area contributed by atoms with Crippen LogP contribution in [0.25, 0.3) is 0 Å². The average molecular weight is 357 g/mol. The van der Waals surface area contributed by atoms with E-state index in [1.54, 1.807) is 11.3 Å². The fourth-order valence-corrected chi connectivity index (χ4v) is 4.53. The molecule has 0 spiro atoms. The molecule has 0 bridgehead atoms. The van der Waals surface area contributed by atoms with Gasteiger partial charge in [0.25, 0.3) is 0 Å². The van der Waals surface area contributed by atoms with Gasteiger partial charge in [0.05, 0.1) is 6.42 Å². The topological polar surface area (TPSA) is 23.6 Å². The third kappa shape index (κ3) is 4.13. The number of anilines is 1. The van der Waals surface area contributed by atoms with E-state index in [1.165, 1.54) is 11.1 Å². The Hall–Kier alpha value is -1.65. The summed E-state index contributed by atoms with van der Waals surface area (Å²) in [7, 11) is 0. The molecular formula is C21H28N2OS. The lowest BCUT2D eigenvalue weighted by Crippen LogP contribution is -2.48. The summed E-state index contributed by atoms with van der Waals surface area (Å²) in [5.74, 6) is 0.231. The maximum atomic E-state index is 13.3. The molecule has 0 aliphatic carbocycles. The van der Waals surface area contributed by atoms with Crippen LogP contribution in [0.15, 0.2) is 35.7 Å². The van der Waals surface area contributed by atoms with E-state index < -0.39 is 0 Å². The van der Waals surface area contributed by atoms with Gasteiger partial charge in [-0.05, 0) is 55.8 Å². The molecule has 1 amide bonds. The minimum Gasteiger partial charge on any atom is -0.308 e. The summed E-state index contributed by atoms with van der Waals surface area (Å²) in [5.41, 5.74) is 3.51. The van der Waals surface area contributed by atoms with Crippen LogP contribution in [0.2, 0.25) is 0 Å². The number of piperidine rings is 1. The smallest absolute Gasteiger partial charge is 0.232 e. The Labute approximate surface area is 155 Å². The molecule has 1 aliphatic heterocycles. The largest absolute Gasteiger partial charge is 0.308 e. The van der Waals surface area contributed by atoms with Crippen LogP contribution in [-0.4, -0.2) is 36.5 Å². The molecule has 3 nitrogen and oxygen atoms in total. The SMILES string of the molecule is CCN1CCC(N(C(=O)Cc2cccs2)c2c(C)cccc2C)CC1. The van der Waals surface area contributed by atoms with Crippen molar-refractivity contribution in [1.82, 2.24) is 4.90 Å². The molecule has 4 heteroatoms. The zero-order chi connectivity index (χ0) is 17.8. The third-order valence-corrected chi connectivity index (χ3v) is 6.10. The minimum absolute atomic E-state index is 0.231. The standard InChI is InChI=1S/C21H28N2OS/c1-4-22-12-10-18(11-13-22)23(20(24)15-19-9-6-14-25-19)21-16(2)7-5-8-17(21)3/h5-9,14,18H,4,10-13,15H2,1-3H3. The van der Waals surface area contributed by atoms with Gasteiger partial charge in [-0.15, -0.1) is 11.3 Å². The van der Waals surface area contributed by atoms with Crippen LogP contribution in [0.4, 0.5) is 5.69 Å². The molecule has 25 heavy (non-hydrogen) atoms. The third-order valence-electron chi connectivity index (χ3n) is 5.22. The number of amides is 1. The summed E-state index contributed by atoms with van der Waals surface area (Å²) in [6, 6.07) is 10.7. The van der Waals surface area contributed by atoms with Crippen molar-refractivity contribution >= 4 is 22.9 Å². The van der Waals surface area contributed by atoms with Crippen molar-refractivity contribution in [1.29, 1.82) is 0 Å². The molecule has 3 rings (SSSR count). The van der Waals surface area contributed by atoms with Gasteiger partial charge in [-0.2, -0.15) is 0 Å². The van der Waals surface area contributed by atoms with Crippen LogP contribution in [0.1, 0.15) is 35.8 Å². The lowest BCUT2D eigenvalue weighted by Gasteiger charge is -2.39. The van der Waals surface area contributed by atoms with Crippen LogP contribution in [0, 0.1) is 13.8 Å². The minimum atomic E-state index is 0.231. The summed E-state index contributed by atoms with van der Waals surface area (Å²) in [4.78, 5) is 19.0. The van der Waals surface area contributed by atoms with Gasteiger partial charge in [-0.25, -0.2) is 0 Å². The van der Waals surface area contributed by atoms with Gasteiger partial charge in [0, 0.05) is 29.7 Å². The highest BCUT2D eigenvalue weighted by Crippen LogP contribution is 2.31. The monoisotopic (exact) mass is 356 g/mol. The maximum Gasteiger partial charge on any atom is 0.232 e. The first-order chi connectivity index (χ1) is 12.1. The molecule has 1 aromatic heterocycles. The van der Waals surface area contributed by atoms with Crippen molar-refractivity contribution in [2.45, 2.75) is 46.1 Å². The van der Waals surface area contributed by atoms with E-state index in [0.717, 1.165) is 43.0 Å². The Morgan fingerprint density at radius 3 is 2.40 bits per heavy atom. The van der Waals surface area contributed by atoms with Crippen molar-refractivity contribution < 1.29 is 4.79 Å². The Balaban J connectivity index is 1.90. The molecular weight excluding hydrogens is 328 g/mol. The van der Waals surface area contributed by atoms with Gasteiger partial charge in [0.1, 0.15) is 0 Å². The number of nitrogens with zero attached hydrogens (tertiary/aromatic N) is 2. The van der Waals surface area contributed by atoms with E-state index in [1.807, 2.05) is 11.4 Å². The van der Waals surface area contributed by atoms with Crippen LogP contribution in [0.3, 0.4) is 0 Å². The lowest BCUT2D eigenvalue weighted by atomic mass is 9.98. The molecule has 0 atom stereocenters. The van der Waals surface area contributed by atoms with E-state index in [-0.39, 0.29) is 5.91 Å². The number of likely N-dealkylation sites (tertiary alicyclic amines) is 1. The first kappa shape index (κ1) is 18.2. The number of benzene rings is 1. The maximum absolute atomic E-state index is 13.3. The number of hydrogen-bond acceptors (Lipinski definition) is 3. The quantitative estimate of drug-likeness (QED) is 0.791. The molecule has 134 valence electrons. The molecule has 1 saturated heterocycles. The molecule has 1 aromatic carbocycles. The Morgan fingerprint density at radius 1 is 1.16 bits per heavy atom. The molecule has 0 unspecified atom stereocenters. The Kier molecular flexibility index (Phi) is 5.92. The molecule has 0 radical (unpaired) electrons. The van der Waals surface area contributed by atoms with Crippen LogP contribution < -0.4 is 4.90 Å². The predicted octanol–water partition coefficient (Wildman–Crippen LogP) is 4.42. The average Bonchev–Trinajstić information content (AvgIpc) is 3.11. The van der Waals surface area contributed by atoms with E-state index in [2.05, 4.69) is 54.8 Å². The number of carbonyl (C=O) groups is 1. The van der Waals surface area contributed by atoms with Crippen LogP contribution >= 0.6 is 11.3 Å². The highest BCUT2D eigenvalue weighted by atomic mass is 32.1. The second-order valence-corrected chi connectivity index (χ2v) is 7.96. The highest BCUT2D eigenvalue weighted by molar-refractivity contribution is 7.10. The number of carbonyl (C=O) groups excluding carboxylic acids is 1. The number of para-hydroxylation sites is 1. The molecule has 2 aromatic rings. The van der Waals surface area contributed by atoms with E-state index in [0.29, 0.717) is 12.5 Å². The van der Waals surface area contributed by atoms with Gasteiger partial charge in [-0.3, -0.25) is 4.79 Å². The first-order valence-corrected chi connectivity index (χ1v) is 10.1. The molecule has 0 N–H and O–H groups in total. The van der Waals surface area contributed by atoms with Crippen LogP contribution in [-0.2, 0) is 11.2 Å². The fraction of sp³-hybridized carbons (Fsp3) is 0.476. The zero-order valence-corrected chi connectivity index (χ0v) is 16.3. The summed E-state index contributed by atoms with van der Waals surface area (Å²) in [5, 5.41) is 2.05. The molecule has 0 saturated carbocycles. The summed E-state index contributed by atoms with van der Waals surface area (Å²) in [6.45, 7) is 9.71. The van der Waals surface area contributed by atoms with Crippen molar-refractivity contribution in [3.63, 3.8) is 0 Å². The lowest BCUT2D eigenvalue weighted by molar-refractivity contribution is -0.118. The Bertz CT molecular complexity index is 682. The highest BCUT2D eigenvalue weighted by Gasteiger charge is 2.30. The predicted molar refractivity (Wildman–Crippen MR) is 107 cm³/mol.